The fourth-order valence-electron chi connectivity index (χ4n) is 4.60. The van der Waals surface area contributed by atoms with Gasteiger partial charge >= 0.3 is 6.09 Å². The molecule has 2 saturated carbocycles. The maximum absolute atomic E-state index is 12.2. The number of carbonyl (C=O) groups is 1. The third kappa shape index (κ3) is 1.75. The van der Waals surface area contributed by atoms with Crippen LogP contribution in [0.25, 0.3) is 0 Å². The van der Waals surface area contributed by atoms with Crippen molar-refractivity contribution in [3.63, 3.8) is 0 Å². The zero-order valence-corrected chi connectivity index (χ0v) is 12.0. The second-order valence-electron chi connectivity index (χ2n) is 7.17. The summed E-state index contributed by atoms with van der Waals surface area (Å²) in [4.78, 5) is 14.1. The maximum Gasteiger partial charge on any atom is 0.410 e. The highest BCUT2D eigenvalue weighted by Crippen LogP contribution is 2.74. The number of amides is 1. The average molecular weight is 271 g/mol. The van der Waals surface area contributed by atoms with Gasteiger partial charge in [0.05, 0.1) is 0 Å². The van der Waals surface area contributed by atoms with Crippen LogP contribution in [0.2, 0.25) is 0 Å². The lowest BCUT2D eigenvalue weighted by Crippen LogP contribution is -2.46. The molecule has 2 atom stereocenters. The van der Waals surface area contributed by atoms with Crippen molar-refractivity contribution < 1.29 is 9.53 Å². The summed E-state index contributed by atoms with van der Waals surface area (Å²) in [5, 5.41) is 0. The van der Waals surface area contributed by atoms with E-state index >= 15 is 0 Å². The van der Waals surface area contributed by atoms with E-state index in [-0.39, 0.29) is 6.09 Å². The molecule has 3 aliphatic rings. The number of likely N-dealkylation sites (tertiary alicyclic amines) is 1. The monoisotopic (exact) mass is 271 g/mol. The zero-order valence-electron chi connectivity index (χ0n) is 12.0. The molecule has 1 aromatic carbocycles. The van der Waals surface area contributed by atoms with E-state index in [9.17, 15) is 4.79 Å². The topological polar surface area (TPSA) is 29.5 Å². The highest BCUT2D eigenvalue weighted by molar-refractivity contribution is 5.68. The van der Waals surface area contributed by atoms with E-state index in [0.717, 1.165) is 24.6 Å². The largest absolute Gasteiger partial charge is 0.445 e. The van der Waals surface area contributed by atoms with Gasteiger partial charge in [0.15, 0.2) is 0 Å². The van der Waals surface area contributed by atoms with E-state index in [2.05, 4.69) is 6.92 Å². The quantitative estimate of drug-likeness (QED) is 0.824. The third-order valence-electron chi connectivity index (χ3n) is 5.65. The summed E-state index contributed by atoms with van der Waals surface area (Å²) in [5.74, 6) is 0.722. The maximum atomic E-state index is 12.2. The lowest BCUT2D eigenvalue weighted by Gasteiger charge is -2.49. The molecule has 3 heteroatoms. The van der Waals surface area contributed by atoms with E-state index in [1.54, 1.807) is 0 Å². The predicted octanol–water partition coefficient (Wildman–Crippen LogP) is 3.45. The molecule has 3 fully saturated rings. The minimum atomic E-state index is -0.139. The minimum Gasteiger partial charge on any atom is -0.445 e. The lowest BCUT2D eigenvalue weighted by atomic mass is 9.54. The summed E-state index contributed by atoms with van der Waals surface area (Å²) in [7, 11) is 0. The Morgan fingerprint density at radius 3 is 2.80 bits per heavy atom. The van der Waals surface area contributed by atoms with Crippen molar-refractivity contribution in [1.29, 1.82) is 0 Å². The van der Waals surface area contributed by atoms with Gasteiger partial charge in [-0.15, -0.1) is 0 Å². The summed E-state index contributed by atoms with van der Waals surface area (Å²) in [6.45, 7) is 4.51. The van der Waals surface area contributed by atoms with E-state index in [4.69, 9.17) is 4.74 Å². The molecular weight excluding hydrogens is 250 g/mol. The van der Waals surface area contributed by atoms with Crippen molar-refractivity contribution in [2.45, 2.75) is 32.8 Å². The summed E-state index contributed by atoms with van der Waals surface area (Å²) in [6, 6.07) is 9.89. The molecule has 1 aromatic rings. The first-order chi connectivity index (χ1) is 9.61. The molecule has 1 amide bonds. The highest BCUT2D eigenvalue weighted by Gasteiger charge is 2.69. The molecular formula is C17H21NO2. The molecule has 0 N–H and O–H groups in total. The van der Waals surface area contributed by atoms with Crippen molar-refractivity contribution in [3.05, 3.63) is 35.9 Å². The Balaban J connectivity index is 1.36. The average Bonchev–Trinajstić information content (AvgIpc) is 3.18. The molecule has 106 valence electrons. The van der Waals surface area contributed by atoms with Crippen LogP contribution in [0.5, 0.6) is 0 Å². The Hall–Kier alpha value is -1.51. The van der Waals surface area contributed by atoms with Crippen molar-refractivity contribution >= 4 is 6.09 Å². The van der Waals surface area contributed by atoms with Crippen LogP contribution in [0.4, 0.5) is 4.79 Å². The van der Waals surface area contributed by atoms with Crippen LogP contribution in [0.15, 0.2) is 30.3 Å². The number of benzene rings is 1. The SMILES string of the molecule is C[C@]12CN(C(=O)OCc3ccccc3)C[C@H]1C1(CC1)C2. The Kier molecular flexibility index (Phi) is 2.45. The number of hydrogen-bond acceptors (Lipinski definition) is 2. The Bertz CT molecular complexity index is 537. The summed E-state index contributed by atoms with van der Waals surface area (Å²) >= 11 is 0. The normalized spacial score (nSPS) is 32.6. The number of fused-ring (bicyclic) bond motifs is 2. The first kappa shape index (κ1) is 12.2. The number of nitrogens with zero attached hydrogens (tertiary/aromatic N) is 1. The molecule has 0 radical (unpaired) electrons. The molecule has 1 heterocycles. The second-order valence-corrected chi connectivity index (χ2v) is 7.17. The smallest absolute Gasteiger partial charge is 0.410 e. The van der Waals surface area contributed by atoms with Gasteiger partial charge in [-0.05, 0) is 41.6 Å². The van der Waals surface area contributed by atoms with Crippen LogP contribution in [-0.4, -0.2) is 24.1 Å². The van der Waals surface area contributed by atoms with Crippen molar-refractivity contribution in [1.82, 2.24) is 4.90 Å². The van der Waals surface area contributed by atoms with Crippen LogP contribution in [0.3, 0.4) is 0 Å². The number of ether oxygens (including phenoxy) is 1. The van der Waals surface area contributed by atoms with E-state index < -0.39 is 0 Å². The lowest BCUT2D eigenvalue weighted by molar-refractivity contribution is -0.000986. The standard InChI is InChI=1S/C17H21NO2/c1-16-11-17(7-8-17)14(16)9-18(12-16)15(19)20-10-13-5-3-2-4-6-13/h2-6,14H,7-12H2,1H3/t14-,16+/m1/s1. The number of carbonyl (C=O) groups excluding carboxylic acids is 1. The Morgan fingerprint density at radius 1 is 1.35 bits per heavy atom. The summed E-state index contributed by atoms with van der Waals surface area (Å²) in [6.07, 6.45) is 3.92. The molecule has 1 spiro atoms. The second kappa shape index (κ2) is 4.00. The van der Waals surface area contributed by atoms with Crippen LogP contribution >= 0.6 is 0 Å². The van der Waals surface area contributed by atoms with Crippen LogP contribution in [0.1, 0.15) is 31.7 Å². The molecule has 0 unspecified atom stereocenters. The van der Waals surface area contributed by atoms with Gasteiger partial charge in [0, 0.05) is 13.1 Å². The van der Waals surface area contributed by atoms with Crippen molar-refractivity contribution in [2.24, 2.45) is 16.7 Å². The Labute approximate surface area is 119 Å². The third-order valence-corrected chi connectivity index (χ3v) is 5.65. The number of rotatable bonds is 2. The van der Waals surface area contributed by atoms with E-state index in [0.29, 0.717) is 17.4 Å². The van der Waals surface area contributed by atoms with Crippen LogP contribution in [0, 0.1) is 16.7 Å². The van der Waals surface area contributed by atoms with Crippen molar-refractivity contribution in [2.75, 3.05) is 13.1 Å². The minimum absolute atomic E-state index is 0.139. The van der Waals surface area contributed by atoms with E-state index in [1.807, 2.05) is 35.2 Å². The fraction of sp³-hybridized carbons (Fsp3) is 0.588. The molecule has 2 aliphatic carbocycles. The van der Waals surface area contributed by atoms with Crippen LogP contribution in [-0.2, 0) is 11.3 Å². The molecule has 4 rings (SSSR count). The van der Waals surface area contributed by atoms with Gasteiger partial charge < -0.3 is 9.64 Å². The van der Waals surface area contributed by atoms with Gasteiger partial charge in [-0.2, -0.15) is 0 Å². The van der Waals surface area contributed by atoms with Gasteiger partial charge in [0.1, 0.15) is 6.61 Å². The summed E-state index contributed by atoms with van der Waals surface area (Å²) < 4.78 is 5.46. The summed E-state index contributed by atoms with van der Waals surface area (Å²) in [5.41, 5.74) is 2.03. The molecule has 0 aromatic heterocycles. The van der Waals surface area contributed by atoms with Gasteiger partial charge in [-0.1, -0.05) is 37.3 Å². The first-order valence-electron chi connectivity index (χ1n) is 7.57. The zero-order chi connectivity index (χ0) is 13.8. The first-order valence-corrected chi connectivity index (χ1v) is 7.57. The molecule has 20 heavy (non-hydrogen) atoms. The molecule has 1 aliphatic heterocycles. The molecule has 0 bridgehead atoms. The number of hydrogen-bond donors (Lipinski definition) is 0. The van der Waals surface area contributed by atoms with Crippen LogP contribution < -0.4 is 0 Å². The van der Waals surface area contributed by atoms with E-state index in [1.165, 1.54) is 19.3 Å². The van der Waals surface area contributed by atoms with Crippen molar-refractivity contribution in [3.8, 4) is 0 Å². The van der Waals surface area contributed by atoms with Gasteiger partial charge in [-0.25, -0.2) is 4.79 Å². The fourth-order valence-corrected chi connectivity index (χ4v) is 4.60. The molecule has 3 nitrogen and oxygen atoms in total. The predicted molar refractivity (Wildman–Crippen MR) is 76.1 cm³/mol. The Morgan fingerprint density at radius 2 is 2.10 bits per heavy atom. The van der Waals surface area contributed by atoms with Gasteiger partial charge in [-0.3, -0.25) is 0 Å². The molecule has 1 saturated heterocycles. The highest BCUT2D eigenvalue weighted by atomic mass is 16.6. The van der Waals surface area contributed by atoms with Gasteiger partial charge in [0.2, 0.25) is 0 Å². The van der Waals surface area contributed by atoms with Gasteiger partial charge in [0.25, 0.3) is 0 Å².